The van der Waals surface area contributed by atoms with Crippen molar-refractivity contribution in [2.45, 2.75) is 132 Å². The maximum atomic E-state index is 7.81. The van der Waals surface area contributed by atoms with E-state index in [0.29, 0.717) is 26.4 Å². The summed E-state index contributed by atoms with van der Waals surface area (Å²) in [4.78, 5) is 0. The Morgan fingerprint density at radius 2 is 0.545 bits per heavy atom. The summed E-state index contributed by atoms with van der Waals surface area (Å²) in [5, 5.41) is 4.51. The van der Waals surface area contributed by atoms with Crippen LogP contribution < -0.4 is 39.7 Å². The molecular formula is C48H68O5Si2. The van der Waals surface area contributed by atoms with Crippen LogP contribution in [0, 0.1) is 0 Å². The van der Waals surface area contributed by atoms with Gasteiger partial charge in [-0.2, -0.15) is 0 Å². The second-order valence-corrected chi connectivity index (χ2v) is 22.8. The average Bonchev–Trinajstić information content (AvgIpc) is 3.07. The quantitative estimate of drug-likeness (QED) is 0.119. The lowest BCUT2D eigenvalue weighted by Crippen LogP contribution is -2.56. The molecule has 55 heavy (non-hydrogen) atoms. The highest BCUT2D eigenvalue weighted by Crippen LogP contribution is 2.35. The second-order valence-electron chi connectivity index (χ2n) is 18.3. The fraction of sp³-hybridized carbons (Fsp3) is 0.500. The molecule has 0 saturated carbocycles. The summed E-state index contributed by atoms with van der Waals surface area (Å²) in [6, 6.07) is 26.9. The van der Waals surface area contributed by atoms with E-state index in [2.05, 4.69) is 184 Å². The molecule has 0 N–H and O–H groups in total. The minimum absolute atomic E-state index is 0.0861. The molecule has 0 spiro atoms. The molecule has 4 aromatic carbocycles. The molecule has 298 valence electrons. The highest BCUT2D eigenvalue weighted by Gasteiger charge is 2.34. The van der Waals surface area contributed by atoms with Gasteiger partial charge in [0.15, 0.2) is 0 Å². The summed E-state index contributed by atoms with van der Waals surface area (Å²) in [5.74, 6) is 3.63. The molecule has 0 heterocycles. The Kier molecular flexibility index (Phi) is 14.2. The molecule has 2 radical (unpaired) electrons. The summed E-state index contributed by atoms with van der Waals surface area (Å²) in [5.41, 5.74) is 4.38. The van der Waals surface area contributed by atoms with Crippen molar-refractivity contribution in [3.05, 3.63) is 95.1 Å². The largest absolute Gasteiger partial charge is 0.494 e. The van der Waals surface area contributed by atoms with Crippen LogP contribution in [0.3, 0.4) is 0 Å². The van der Waals surface area contributed by atoms with Crippen LogP contribution in [0.2, 0.25) is 0 Å². The molecule has 0 unspecified atom stereocenters. The summed E-state index contributed by atoms with van der Waals surface area (Å²) in [6.07, 6.45) is 0. The Morgan fingerprint density at radius 1 is 0.345 bits per heavy atom. The first-order valence-electron chi connectivity index (χ1n) is 20.2. The number of hydrogen-bond acceptors (Lipinski definition) is 5. The van der Waals surface area contributed by atoms with Crippen molar-refractivity contribution in [3.63, 3.8) is 0 Å². The van der Waals surface area contributed by atoms with Crippen LogP contribution >= 0.6 is 0 Å². The first-order chi connectivity index (χ1) is 25.6. The molecule has 0 aliphatic rings. The van der Waals surface area contributed by atoms with Crippen molar-refractivity contribution >= 4 is 38.8 Å². The molecule has 7 heteroatoms. The van der Waals surface area contributed by atoms with Gasteiger partial charge < -0.3 is 23.1 Å². The van der Waals surface area contributed by atoms with Gasteiger partial charge in [0.2, 0.25) is 0 Å². The Morgan fingerprint density at radius 3 is 0.709 bits per heavy atom. The van der Waals surface area contributed by atoms with Crippen LogP contribution in [0.1, 0.15) is 133 Å². The van der Waals surface area contributed by atoms with E-state index in [-0.39, 0.29) is 21.7 Å². The molecule has 0 fully saturated rings. The topological polar surface area (TPSA) is 46.2 Å². The lowest BCUT2D eigenvalue weighted by molar-refractivity contribution is 0.330. The van der Waals surface area contributed by atoms with Gasteiger partial charge in [-0.25, -0.2) is 0 Å². The molecule has 0 aromatic heterocycles. The van der Waals surface area contributed by atoms with E-state index >= 15 is 0 Å². The summed E-state index contributed by atoms with van der Waals surface area (Å²) in [7, 11) is -3.83. The fourth-order valence-corrected chi connectivity index (χ4v) is 12.3. The zero-order valence-electron chi connectivity index (χ0n) is 36.8. The molecule has 4 aromatic rings. The Bertz CT molecular complexity index is 1620. The lowest BCUT2D eigenvalue weighted by atomic mass is 9.86. The van der Waals surface area contributed by atoms with E-state index in [4.69, 9.17) is 23.1 Å². The predicted molar refractivity (Wildman–Crippen MR) is 236 cm³/mol. The molecule has 0 bridgehead atoms. The minimum atomic E-state index is -1.92. The molecule has 4 rings (SSSR count). The predicted octanol–water partition coefficient (Wildman–Crippen LogP) is 9.40. The smallest absolute Gasteiger partial charge is 0.272 e. The number of ether oxygens (including phenoxy) is 4. The Hall–Kier alpha value is -3.53. The van der Waals surface area contributed by atoms with Crippen LogP contribution in [-0.4, -0.2) is 44.5 Å². The first-order valence-corrected chi connectivity index (χ1v) is 23.0. The van der Waals surface area contributed by atoms with Crippen molar-refractivity contribution in [3.8, 4) is 23.0 Å². The van der Waals surface area contributed by atoms with Crippen molar-refractivity contribution < 1.29 is 23.1 Å². The zero-order valence-corrected chi connectivity index (χ0v) is 38.8. The standard InChI is InChI=1S/C48H68O5Si2/c1-17-49-41-29-33(21-25-37(41)45(5,6)7)54(34-22-26-38(46(8,9)10)42(30-34)50-18-2)53-55(35-23-27-39(47(11,12)13)43(31-35)51-19-3)36-24-28-40(48(14,15)16)44(32-36)52-20-4/h21-32H,17-20H2,1-16H3. The third-order valence-electron chi connectivity index (χ3n) is 9.61. The summed E-state index contributed by atoms with van der Waals surface area (Å²) >= 11 is 0. The molecule has 0 amide bonds. The highest BCUT2D eigenvalue weighted by molar-refractivity contribution is 6.92. The van der Waals surface area contributed by atoms with E-state index in [1.165, 1.54) is 22.3 Å². The molecule has 5 nitrogen and oxygen atoms in total. The number of benzene rings is 4. The summed E-state index contributed by atoms with van der Waals surface area (Å²) in [6.45, 7) is 37.4. The third kappa shape index (κ3) is 10.9. The maximum Gasteiger partial charge on any atom is 0.272 e. The fourth-order valence-electron chi connectivity index (χ4n) is 6.90. The van der Waals surface area contributed by atoms with Crippen molar-refractivity contribution in [2.75, 3.05) is 26.4 Å². The normalized spacial score (nSPS) is 12.7. The highest BCUT2D eigenvalue weighted by atomic mass is 28.4. The van der Waals surface area contributed by atoms with Crippen molar-refractivity contribution in [2.24, 2.45) is 0 Å². The van der Waals surface area contributed by atoms with E-state index < -0.39 is 18.1 Å². The second kappa shape index (κ2) is 17.7. The SMILES string of the molecule is CCOc1cc([Si](O[Si](c2ccc(C(C)(C)C)c(OCC)c2)c2ccc(C(C)(C)C)c(OCC)c2)c2ccc(C(C)(C)C)c(OCC)c2)ccc1C(C)(C)C. The van der Waals surface area contributed by atoms with E-state index in [1.807, 2.05) is 0 Å². The monoisotopic (exact) mass is 780 g/mol. The molecule has 0 atom stereocenters. The molecular weight excluding hydrogens is 713 g/mol. The third-order valence-corrected chi connectivity index (χ3v) is 14.6. The Balaban J connectivity index is 2.07. The molecule has 0 aliphatic carbocycles. The molecule has 0 saturated heterocycles. The van der Waals surface area contributed by atoms with Gasteiger partial charge >= 0.3 is 0 Å². The van der Waals surface area contributed by atoms with Gasteiger partial charge in [0.1, 0.15) is 23.0 Å². The van der Waals surface area contributed by atoms with Gasteiger partial charge in [-0.15, -0.1) is 0 Å². The van der Waals surface area contributed by atoms with Gasteiger partial charge in [0.25, 0.3) is 18.1 Å². The Labute approximate surface area is 337 Å². The summed E-state index contributed by atoms with van der Waals surface area (Å²) < 4.78 is 33.3. The van der Waals surface area contributed by atoms with Crippen molar-refractivity contribution in [1.82, 2.24) is 0 Å². The first kappa shape index (κ1) is 44.2. The van der Waals surface area contributed by atoms with Gasteiger partial charge in [0.05, 0.1) is 26.4 Å². The lowest BCUT2D eigenvalue weighted by Gasteiger charge is -2.29. The van der Waals surface area contributed by atoms with Crippen LogP contribution in [0.15, 0.2) is 72.8 Å². The van der Waals surface area contributed by atoms with Crippen LogP contribution in [0.4, 0.5) is 0 Å². The van der Waals surface area contributed by atoms with Crippen LogP contribution in [0.5, 0.6) is 23.0 Å². The zero-order chi connectivity index (χ0) is 40.9. The van der Waals surface area contributed by atoms with Crippen LogP contribution in [0.25, 0.3) is 0 Å². The number of rotatable bonds is 14. The minimum Gasteiger partial charge on any atom is -0.494 e. The van der Waals surface area contributed by atoms with Gasteiger partial charge in [-0.1, -0.05) is 132 Å². The van der Waals surface area contributed by atoms with E-state index in [0.717, 1.165) is 43.7 Å². The maximum absolute atomic E-state index is 7.81. The average molecular weight is 781 g/mol. The van der Waals surface area contributed by atoms with Gasteiger partial charge in [-0.05, 0) is 117 Å². The van der Waals surface area contributed by atoms with Gasteiger partial charge in [0, 0.05) is 0 Å². The van der Waals surface area contributed by atoms with E-state index in [1.54, 1.807) is 0 Å². The van der Waals surface area contributed by atoms with Crippen molar-refractivity contribution in [1.29, 1.82) is 0 Å². The molecule has 0 aliphatic heterocycles. The van der Waals surface area contributed by atoms with Crippen LogP contribution in [-0.2, 0) is 25.8 Å². The van der Waals surface area contributed by atoms with Gasteiger partial charge in [-0.3, -0.25) is 0 Å². The number of hydrogen-bond donors (Lipinski definition) is 0. The van der Waals surface area contributed by atoms with E-state index in [9.17, 15) is 0 Å².